The predicted octanol–water partition coefficient (Wildman–Crippen LogP) is 2.19. The van der Waals surface area contributed by atoms with Gasteiger partial charge in [0, 0.05) is 10.5 Å². The molecule has 0 aliphatic rings. The van der Waals surface area contributed by atoms with Crippen LogP contribution in [0, 0.1) is 0 Å². The number of carbonyl (C=O) groups excluding carboxylic acids is 1. The Hall–Kier alpha value is -0.480. The SMILES string of the molecule is NC(=O)c1ccc(SBr)cc1. The highest BCUT2D eigenvalue weighted by molar-refractivity contribution is 9.50. The molecule has 2 nitrogen and oxygen atoms in total. The molecule has 1 rings (SSSR count). The maximum Gasteiger partial charge on any atom is 0.248 e. The summed E-state index contributed by atoms with van der Waals surface area (Å²) >= 11 is 3.22. The zero-order chi connectivity index (χ0) is 8.27. The summed E-state index contributed by atoms with van der Waals surface area (Å²) < 4.78 is 0. The molecule has 0 aromatic heterocycles. The van der Waals surface area contributed by atoms with Crippen molar-refractivity contribution in [1.29, 1.82) is 0 Å². The first-order valence-corrected chi connectivity index (χ1v) is 5.58. The van der Waals surface area contributed by atoms with Gasteiger partial charge in [-0.05, 0) is 49.3 Å². The molecule has 0 aliphatic heterocycles. The van der Waals surface area contributed by atoms with E-state index in [1.807, 2.05) is 12.1 Å². The van der Waals surface area contributed by atoms with Gasteiger partial charge in [0.05, 0.1) is 0 Å². The maximum atomic E-state index is 10.6. The van der Waals surface area contributed by atoms with Crippen molar-refractivity contribution in [2.24, 2.45) is 5.73 Å². The van der Waals surface area contributed by atoms with Gasteiger partial charge in [-0.2, -0.15) is 0 Å². The van der Waals surface area contributed by atoms with Gasteiger partial charge in [-0.15, -0.1) is 0 Å². The van der Waals surface area contributed by atoms with Crippen molar-refractivity contribution in [3.05, 3.63) is 29.8 Å². The zero-order valence-corrected chi connectivity index (χ0v) is 7.98. The highest BCUT2D eigenvalue weighted by atomic mass is 79.9. The van der Waals surface area contributed by atoms with Crippen LogP contribution >= 0.6 is 25.0 Å². The molecule has 0 heterocycles. The molecule has 0 saturated carbocycles. The molecule has 58 valence electrons. The van der Waals surface area contributed by atoms with E-state index in [4.69, 9.17) is 5.73 Å². The Kier molecular flexibility index (Phi) is 2.96. The van der Waals surface area contributed by atoms with E-state index in [-0.39, 0.29) is 0 Å². The molecule has 2 N–H and O–H groups in total. The van der Waals surface area contributed by atoms with Crippen LogP contribution in [-0.2, 0) is 0 Å². The topological polar surface area (TPSA) is 43.1 Å². The molecule has 11 heavy (non-hydrogen) atoms. The van der Waals surface area contributed by atoms with Crippen LogP contribution in [0.5, 0.6) is 0 Å². The Morgan fingerprint density at radius 1 is 1.36 bits per heavy atom. The number of rotatable bonds is 2. The zero-order valence-electron chi connectivity index (χ0n) is 5.58. The van der Waals surface area contributed by atoms with E-state index in [0.29, 0.717) is 5.56 Å². The highest BCUT2D eigenvalue weighted by Gasteiger charge is 1.98. The van der Waals surface area contributed by atoms with Gasteiger partial charge in [-0.25, -0.2) is 0 Å². The second kappa shape index (κ2) is 3.78. The Bertz CT molecular complexity index is 260. The fourth-order valence-corrected chi connectivity index (χ4v) is 1.56. The Morgan fingerprint density at radius 3 is 2.27 bits per heavy atom. The van der Waals surface area contributed by atoms with Crippen LogP contribution in [0.25, 0.3) is 0 Å². The smallest absolute Gasteiger partial charge is 0.248 e. The Morgan fingerprint density at radius 2 is 1.91 bits per heavy atom. The van der Waals surface area contributed by atoms with Crippen molar-refractivity contribution >= 4 is 30.9 Å². The summed E-state index contributed by atoms with van der Waals surface area (Å²) in [5, 5.41) is 0. The molecule has 0 aliphatic carbocycles. The van der Waals surface area contributed by atoms with Gasteiger partial charge in [-0.1, -0.05) is 0 Å². The first kappa shape index (κ1) is 8.62. The van der Waals surface area contributed by atoms with Gasteiger partial charge in [-0.3, -0.25) is 4.79 Å². The van der Waals surface area contributed by atoms with Gasteiger partial charge in [0.15, 0.2) is 0 Å². The normalized spacial score (nSPS) is 9.55. The summed E-state index contributed by atoms with van der Waals surface area (Å²) in [7, 11) is 1.45. The van der Waals surface area contributed by atoms with Crippen LogP contribution in [-0.4, -0.2) is 5.91 Å². The predicted molar refractivity (Wildman–Crippen MR) is 49.7 cm³/mol. The molecule has 4 heteroatoms. The molecular weight excluding hydrogens is 226 g/mol. The van der Waals surface area contributed by atoms with Crippen LogP contribution in [0.1, 0.15) is 10.4 Å². The van der Waals surface area contributed by atoms with E-state index in [2.05, 4.69) is 14.8 Å². The first-order chi connectivity index (χ1) is 5.24. The Balaban J connectivity index is 2.91. The van der Waals surface area contributed by atoms with Crippen molar-refractivity contribution < 1.29 is 4.79 Å². The summed E-state index contributed by atoms with van der Waals surface area (Å²) in [6.07, 6.45) is 0. The Labute approximate surface area is 76.4 Å². The molecule has 0 bridgehead atoms. The lowest BCUT2D eigenvalue weighted by Gasteiger charge is -1.95. The van der Waals surface area contributed by atoms with Gasteiger partial charge in [0.1, 0.15) is 0 Å². The van der Waals surface area contributed by atoms with Crippen molar-refractivity contribution in [2.45, 2.75) is 4.90 Å². The highest BCUT2D eigenvalue weighted by Crippen LogP contribution is 2.23. The monoisotopic (exact) mass is 231 g/mol. The number of halogens is 1. The molecule has 0 atom stereocenters. The lowest BCUT2D eigenvalue weighted by atomic mass is 10.2. The molecule has 0 fully saturated rings. The number of amides is 1. The van der Waals surface area contributed by atoms with Crippen molar-refractivity contribution in [2.75, 3.05) is 0 Å². The van der Waals surface area contributed by atoms with Crippen molar-refractivity contribution in [3.8, 4) is 0 Å². The number of primary amides is 1. The van der Waals surface area contributed by atoms with Gasteiger partial charge >= 0.3 is 0 Å². The number of benzene rings is 1. The fourth-order valence-electron chi connectivity index (χ4n) is 0.671. The van der Waals surface area contributed by atoms with E-state index >= 15 is 0 Å². The second-order valence-electron chi connectivity index (χ2n) is 1.97. The van der Waals surface area contributed by atoms with Crippen LogP contribution < -0.4 is 5.73 Å². The molecule has 0 unspecified atom stereocenters. The number of carbonyl (C=O) groups is 1. The summed E-state index contributed by atoms with van der Waals surface area (Å²) in [6, 6.07) is 7.07. The molecule has 0 saturated heterocycles. The van der Waals surface area contributed by atoms with Gasteiger partial charge in [0.25, 0.3) is 0 Å². The lowest BCUT2D eigenvalue weighted by Crippen LogP contribution is -2.10. The third-order valence-corrected chi connectivity index (χ3v) is 2.80. The van der Waals surface area contributed by atoms with Gasteiger partial charge in [0.2, 0.25) is 5.91 Å². The minimum absolute atomic E-state index is 0.392. The van der Waals surface area contributed by atoms with Crippen LogP contribution in [0.4, 0.5) is 0 Å². The summed E-state index contributed by atoms with van der Waals surface area (Å²) in [4.78, 5) is 11.7. The molecular formula is C7H6BrNOS. The number of hydrogen-bond acceptors (Lipinski definition) is 2. The number of nitrogens with two attached hydrogens (primary N) is 1. The minimum atomic E-state index is -0.392. The van der Waals surface area contributed by atoms with Crippen molar-refractivity contribution in [3.63, 3.8) is 0 Å². The third kappa shape index (κ3) is 2.24. The van der Waals surface area contributed by atoms with Crippen molar-refractivity contribution in [1.82, 2.24) is 0 Å². The second-order valence-corrected chi connectivity index (χ2v) is 3.56. The maximum absolute atomic E-state index is 10.6. The van der Waals surface area contributed by atoms with E-state index in [9.17, 15) is 4.79 Å². The van der Waals surface area contributed by atoms with E-state index in [1.54, 1.807) is 12.1 Å². The molecule has 0 spiro atoms. The minimum Gasteiger partial charge on any atom is -0.366 e. The average molecular weight is 232 g/mol. The van der Waals surface area contributed by atoms with E-state index < -0.39 is 5.91 Å². The third-order valence-electron chi connectivity index (χ3n) is 1.23. The summed E-state index contributed by atoms with van der Waals surface area (Å²) in [6.45, 7) is 0. The number of hydrogen-bond donors (Lipinski definition) is 1. The van der Waals surface area contributed by atoms with Gasteiger partial charge < -0.3 is 5.73 Å². The first-order valence-electron chi connectivity index (χ1n) is 2.92. The average Bonchev–Trinajstić information content (AvgIpc) is 2.05. The fraction of sp³-hybridized carbons (Fsp3) is 0. The largest absolute Gasteiger partial charge is 0.366 e. The lowest BCUT2D eigenvalue weighted by molar-refractivity contribution is 0.100. The molecule has 1 aromatic carbocycles. The van der Waals surface area contributed by atoms with Crippen LogP contribution in [0.15, 0.2) is 29.2 Å². The molecule has 1 amide bonds. The van der Waals surface area contributed by atoms with E-state index in [1.165, 1.54) is 10.2 Å². The molecule has 0 radical (unpaired) electrons. The summed E-state index contributed by atoms with van der Waals surface area (Å²) in [5.41, 5.74) is 5.59. The summed E-state index contributed by atoms with van der Waals surface area (Å²) in [5.74, 6) is -0.392. The molecule has 1 aromatic rings. The van der Waals surface area contributed by atoms with Crippen LogP contribution in [0.2, 0.25) is 0 Å². The van der Waals surface area contributed by atoms with E-state index in [0.717, 1.165) is 4.90 Å². The van der Waals surface area contributed by atoms with Crippen LogP contribution in [0.3, 0.4) is 0 Å². The quantitative estimate of drug-likeness (QED) is 0.849. The standard InChI is InChI=1S/C7H6BrNOS/c8-11-6-3-1-5(2-4-6)7(9)10/h1-4H,(H2,9,10).